The average molecular weight is 779 g/mol. The Hall–Kier alpha value is -7.62. The van der Waals surface area contributed by atoms with Gasteiger partial charge >= 0.3 is 0 Å². The molecule has 0 saturated heterocycles. The monoisotopic (exact) mass is 778 g/mol. The summed E-state index contributed by atoms with van der Waals surface area (Å²) in [5.41, 5.74) is 14.5. The van der Waals surface area contributed by atoms with Crippen molar-refractivity contribution < 1.29 is 4.74 Å². The highest BCUT2D eigenvalue weighted by Crippen LogP contribution is 2.53. The Morgan fingerprint density at radius 2 is 1.11 bits per heavy atom. The quantitative estimate of drug-likeness (QED) is 0.167. The Morgan fingerprint density at radius 3 is 1.84 bits per heavy atom. The van der Waals surface area contributed by atoms with Gasteiger partial charge < -0.3 is 4.74 Å². The van der Waals surface area contributed by atoms with E-state index in [1.807, 2.05) is 24.5 Å². The molecule has 0 radical (unpaired) electrons. The van der Waals surface area contributed by atoms with Crippen LogP contribution in [0, 0.1) is 0 Å². The van der Waals surface area contributed by atoms with Crippen molar-refractivity contribution in [2.24, 2.45) is 0 Å². The number of aromatic nitrogens is 2. The summed E-state index contributed by atoms with van der Waals surface area (Å²) in [6.45, 7) is 0. The number of hydrogen-bond donors (Lipinski definition) is 0. The fraction of sp³-hybridized carbons (Fsp3) is 0.0690. The summed E-state index contributed by atoms with van der Waals surface area (Å²) in [4.78, 5) is 9.51. The number of pyridine rings is 2. The van der Waals surface area contributed by atoms with Gasteiger partial charge in [-0.05, 0) is 94.7 Å². The molecule has 1 aliphatic heterocycles. The summed E-state index contributed by atoms with van der Waals surface area (Å²) >= 11 is 0. The fourth-order valence-corrected chi connectivity index (χ4v) is 10.8. The molecular weight excluding hydrogens is 741 g/mol. The first-order valence-corrected chi connectivity index (χ1v) is 21.3. The lowest BCUT2D eigenvalue weighted by atomic mass is 9.79. The maximum Gasteiger partial charge on any atom is 0.135 e. The van der Waals surface area contributed by atoms with Crippen LogP contribution in [0.15, 0.2) is 188 Å². The lowest BCUT2D eigenvalue weighted by Crippen LogP contribution is -2.15. The van der Waals surface area contributed by atoms with Crippen molar-refractivity contribution in [1.82, 2.24) is 9.97 Å². The lowest BCUT2D eigenvalue weighted by Gasteiger charge is -2.25. The number of fused-ring (bicyclic) bond motifs is 9. The smallest absolute Gasteiger partial charge is 0.135 e. The van der Waals surface area contributed by atoms with E-state index in [0.717, 1.165) is 40.8 Å². The van der Waals surface area contributed by atoms with Gasteiger partial charge in [-0.2, -0.15) is 0 Å². The van der Waals surface area contributed by atoms with Crippen LogP contribution < -0.4 is 4.74 Å². The van der Waals surface area contributed by atoms with E-state index in [2.05, 4.69) is 170 Å². The molecule has 2 aliphatic carbocycles. The molecule has 0 fully saturated rings. The van der Waals surface area contributed by atoms with Crippen LogP contribution in [0.1, 0.15) is 40.3 Å². The molecule has 13 rings (SSSR count). The second-order valence-electron chi connectivity index (χ2n) is 16.6. The molecule has 0 N–H and O–H groups in total. The van der Waals surface area contributed by atoms with E-state index in [1.54, 1.807) is 0 Å². The highest BCUT2D eigenvalue weighted by atomic mass is 16.5. The average Bonchev–Trinajstić information content (AvgIpc) is 3.70. The molecule has 3 heterocycles. The van der Waals surface area contributed by atoms with Crippen molar-refractivity contribution in [3.63, 3.8) is 0 Å². The van der Waals surface area contributed by atoms with Crippen molar-refractivity contribution in [3.05, 3.63) is 216 Å². The first kappa shape index (κ1) is 34.3. The highest BCUT2D eigenvalue weighted by Gasteiger charge is 2.35. The number of nitrogens with zero attached hydrogens (tertiary/aromatic N) is 2. The third kappa shape index (κ3) is 5.23. The van der Waals surface area contributed by atoms with Gasteiger partial charge in [-0.1, -0.05) is 164 Å². The van der Waals surface area contributed by atoms with Crippen molar-refractivity contribution in [1.29, 1.82) is 0 Å². The van der Waals surface area contributed by atoms with Crippen molar-refractivity contribution in [2.45, 2.75) is 24.9 Å². The fourth-order valence-electron chi connectivity index (χ4n) is 10.8. The first-order chi connectivity index (χ1) is 30.3. The van der Waals surface area contributed by atoms with Crippen molar-refractivity contribution in [2.75, 3.05) is 0 Å². The van der Waals surface area contributed by atoms with E-state index in [-0.39, 0.29) is 12.0 Å². The van der Waals surface area contributed by atoms with E-state index < -0.39 is 0 Å². The van der Waals surface area contributed by atoms with Gasteiger partial charge in [0.2, 0.25) is 0 Å². The van der Waals surface area contributed by atoms with E-state index in [4.69, 9.17) is 14.7 Å². The number of benzene rings is 8. The SMILES string of the molecule is C1=CC(c2c3ccccc3c(-c3cccc4c3OC3CC(c5c6ccccc6c(-c6ccc7cccnc7c6)c6ccccc56)=CC=C43)c3ccccc23)Cc2ncccc21. The molecule has 0 amide bonds. The highest BCUT2D eigenvalue weighted by molar-refractivity contribution is 6.20. The molecule has 3 nitrogen and oxygen atoms in total. The summed E-state index contributed by atoms with van der Waals surface area (Å²) < 4.78 is 7.25. The minimum Gasteiger partial charge on any atom is -0.484 e. The molecule has 3 aliphatic rings. The van der Waals surface area contributed by atoms with Gasteiger partial charge in [-0.3, -0.25) is 9.97 Å². The van der Waals surface area contributed by atoms with E-state index >= 15 is 0 Å². The van der Waals surface area contributed by atoms with Crippen LogP contribution in [-0.2, 0) is 6.42 Å². The molecule has 0 bridgehead atoms. The van der Waals surface area contributed by atoms with Crippen LogP contribution in [0.3, 0.4) is 0 Å². The summed E-state index contributed by atoms with van der Waals surface area (Å²) in [5, 5.41) is 11.2. The van der Waals surface area contributed by atoms with Crippen LogP contribution in [0.25, 0.3) is 93.5 Å². The summed E-state index contributed by atoms with van der Waals surface area (Å²) in [7, 11) is 0. The minimum absolute atomic E-state index is 0.100. The molecule has 0 saturated carbocycles. The predicted molar refractivity (Wildman–Crippen MR) is 254 cm³/mol. The summed E-state index contributed by atoms with van der Waals surface area (Å²) in [5.74, 6) is 1.19. The van der Waals surface area contributed by atoms with Gasteiger partial charge in [0.15, 0.2) is 0 Å². The molecule has 10 aromatic rings. The van der Waals surface area contributed by atoms with Gasteiger partial charge in [0.05, 0.1) is 5.52 Å². The summed E-state index contributed by atoms with van der Waals surface area (Å²) in [6.07, 6.45) is 14.7. The predicted octanol–water partition coefficient (Wildman–Crippen LogP) is 14.6. The Bertz CT molecular complexity index is 3480. The Balaban J connectivity index is 0.945. The second-order valence-corrected chi connectivity index (χ2v) is 16.6. The molecule has 2 aromatic heterocycles. The molecule has 2 atom stereocenters. The van der Waals surface area contributed by atoms with Gasteiger partial charge in [-0.25, -0.2) is 0 Å². The number of hydrogen-bond acceptors (Lipinski definition) is 3. The Labute approximate surface area is 353 Å². The van der Waals surface area contributed by atoms with Crippen LogP contribution in [0.4, 0.5) is 0 Å². The number of para-hydroxylation sites is 1. The zero-order valence-electron chi connectivity index (χ0n) is 33.3. The zero-order valence-corrected chi connectivity index (χ0v) is 33.3. The van der Waals surface area contributed by atoms with Crippen LogP contribution in [0.5, 0.6) is 5.75 Å². The molecule has 3 heteroatoms. The Kier molecular flexibility index (Phi) is 7.56. The van der Waals surface area contributed by atoms with Gasteiger partial charge in [0.25, 0.3) is 0 Å². The van der Waals surface area contributed by atoms with E-state index in [0.29, 0.717) is 0 Å². The number of allylic oxidation sites excluding steroid dienone is 3. The molecule has 2 unspecified atom stereocenters. The maximum atomic E-state index is 7.25. The lowest BCUT2D eigenvalue weighted by molar-refractivity contribution is 0.282. The van der Waals surface area contributed by atoms with E-state index in [9.17, 15) is 0 Å². The van der Waals surface area contributed by atoms with Crippen LogP contribution >= 0.6 is 0 Å². The molecule has 8 aromatic carbocycles. The van der Waals surface area contributed by atoms with E-state index in [1.165, 1.54) is 93.2 Å². The number of rotatable bonds is 4. The maximum absolute atomic E-state index is 7.25. The second kappa shape index (κ2) is 13.5. The Morgan fingerprint density at radius 1 is 0.492 bits per heavy atom. The standard InChI is InChI=1S/C58H38N2O/c1-3-16-43-41(14-1)54(37-26-24-35-12-10-30-59-51(35)32-37)42-15-2-4-17-44(42)56(43)39-28-29-40-49-22-9-23-50(58(49)61-53(40)34-39)57-47-20-7-5-18-45(47)55(46-19-6-8-21-48(46)57)38-27-25-36-13-11-31-60-52(36)33-38/h1-32,38,53H,33-34H2. The third-order valence-electron chi connectivity index (χ3n) is 13.4. The normalized spacial score (nSPS) is 16.7. The zero-order chi connectivity index (χ0) is 40.0. The third-order valence-corrected chi connectivity index (χ3v) is 13.4. The number of ether oxygens (including phenoxy) is 1. The van der Waals surface area contributed by atoms with Gasteiger partial charge in [0.1, 0.15) is 11.9 Å². The molecular formula is C58H38N2O. The molecule has 61 heavy (non-hydrogen) atoms. The molecule has 286 valence electrons. The topological polar surface area (TPSA) is 35.0 Å². The molecule has 0 spiro atoms. The van der Waals surface area contributed by atoms with Crippen molar-refractivity contribution >= 4 is 71.2 Å². The largest absolute Gasteiger partial charge is 0.484 e. The van der Waals surface area contributed by atoms with Crippen LogP contribution in [0.2, 0.25) is 0 Å². The first-order valence-electron chi connectivity index (χ1n) is 21.3. The van der Waals surface area contributed by atoms with Crippen molar-refractivity contribution in [3.8, 4) is 28.0 Å². The minimum atomic E-state index is -0.100. The van der Waals surface area contributed by atoms with Gasteiger partial charge in [0, 0.05) is 64.5 Å². The summed E-state index contributed by atoms with van der Waals surface area (Å²) in [6, 6.07) is 57.5. The van der Waals surface area contributed by atoms with Crippen LogP contribution in [-0.4, -0.2) is 16.1 Å². The van der Waals surface area contributed by atoms with Gasteiger partial charge in [-0.15, -0.1) is 0 Å².